The van der Waals surface area contributed by atoms with Crippen molar-refractivity contribution in [2.24, 2.45) is 5.92 Å². The van der Waals surface area contributed by atoms with Gasteiger partial charge in [-0.2, -0.15) is 0 Å². The minimum atomic E-state index is -0.866. The van der Waals surface area contributed by atoms with Gasteiger partial charge in [0, 0.05) is 18.0 Å². The van der Waals surface area contributed by atoms with E-state index in [4.69, 9.17) is 0 Å². The standard InChI is InChI=1S/C19H23N3O2/c1-4-17(23)22-15-10-6-5-9-14(15)18(13(3)19(22)24)21-16-11-7-8-12(2)20-16/h5-11,13,18-19,24H,4H2,1-3H3,(H,20,21)/t13-,18-,19+/m1/s1. The van der Waals surface area contributed by atoms with E-state index in [2.05, 4.69) is 10.3 Å². The maximum atomic E-state index is 12.3. The molecule has 0 bridgehead atoms. The van der Waals surface area contributed by atoms with Gasteiger partial charge in [-0.25, -0.2) is 4.98 Å². The highest BCUT2D eigenvalue weighted by molar-refractivity contribution is 5.95. The van der Waals surface area contributed by atoms with E-state index < -0.39 is 6.23 Å². The van der Waals surface area contributed by atoms with Crippen molar-refractivity contribution in [3.8, 4) is 0 Å². The molecular weight excluding hydrogens is 302 g/mol. The van der Waals surface area contributed by atoms with Crippen LogP contribution in [0.5, 0.6) is 0 Å². The normalized spacial score (nSPS) is 22.8. The quantitative estimate of drug-likeness (QED) is 0.909. The lowest BCUT2D eigenvalue weighted by atomic mass is 9.86. The topological polar surface area (TPSA) is 65.5 Å². The molecule has 2 heterocycles. The van der Waals surface area contributed by atoms with Crippen LogP contribution in [0.25, 0.3) is 0 Å². The number of amides is 1. The summed E-state index contributed by atoms with van der Waals surface area (Å²) in [5.41, 5.74) is 2.69. The van der Waals surface area contributed by atoms with Gasteiger partial charge >= 0.3 is 0 Å². The number of aliphatic hydroxyl groups excluding tert-OH is 1. The maximum absolute atomic E-state index is 12.3. The number of anilines is 2. The molecule has 126 valence electrons. The van der Waals surface area contributed by atoms with E-state index >= 15 is 0 Å². The van der Waals surface area contributed by atoms with E-state index in [1.54, 1.807) is 0 Å². The van der Waals surface area contributed by atoms with Crippen LogP contribution in [0.4, 0.5) is 11.5 Å². The average molecular weight is 325 g/mol. The third-order valence-corrected chi connectivity index (χ3v) is 4.55. The number of nitrogens with one attached hydrogen (secondary N) is 1. The Bertz CT molecular complexity index is 747. The van der Waals surface area contributed by atoms with Crippen LogP contribution >= 0.6 is 0 Å². The lowest BCUT2D eigenvalue weighted by molar-refractivity contribution is -0.121. The van der Waals surface area contributed by atoms with Crippen molar-refractivity contribution in [1.29, 1.82) is 0 Å². The van der Waals surface area contributed by atoms with Gasteiger partial charge in [-0.1, -0.05) is 38.1 Å². The first kappa shape index (κ1) is 16.5. The predicted molar refractivity (Wildman–Crippen MR) is 94.7 cm³/mol. The van der Waals surface area contributed by atoms with Crippen LogP contribution in [0.15, 0.2) is 42.5 Å². The molecule has 0 spiro atoms. The number of benzene rings is 1. The molecule has 5 heteroatoms. The summed E-state index contributed by atoms with van der Waals surface area (Å²) in [6.45, 7) is 5.70. The largest absolute Gasteiger partial charge is 0.373 e. The molecule has 3 rings (SSSR count). The highest BCUT2D eigenvalue weighted by Gasteiger charge is 2.40. The molecule has 0 fully saturated rings. The molecule has 1 aliphatic rings. The Morgan fingerprint density at radius 1 is 1.25 bits per heavy atom. The number of aromatic nitrogens is 1. The second-order valence-corrected chi connectivity index (χ2v) is 6.24. The number of hydrogen-bond donors (Lipinski definition) is 2. The van der Waals surface area contributed by atoms with Gasteiger partial charge < -0.3 is 10.4 Å². The molecule has 1 aromatic carbocycles. The van der Waals surface area contributed by atoms with Crippen LogP contribution in [-0.2, 0) is 4.79 Å². The number of carbonyl (C=O) groups is 1. The van der Waals surface area contributed by atoms with Crippen LogP contribution in [0, 0.1) is 12.8 Å². The molecule has 2 N–H and O–H groups in total. The van der Waals surface area contributed by atoms with Gasteiger partial charge in [-0.3, -0.25) is 9.69 Å². The molecule has 1 aromatic heterocycles. The smallest absolute Gasteiger partial charge is 0.228 e. The van der Waals surface area contributed by atoms with Crippen molar-refractivity contribution >= 4 is 17.4 Å². The molecule has 2 aromatic rings. The lowest BCUT2D eigenvalue weighted by Crippen LogP contribution is -2.50. The summed E-state index contributed by atoms with van der Waals surface area (Å²) in [4.78, 5) is 18.3. The fourth-order valence-electron chi connectivity index (χ4n) is 3.25. The van der Waals surface area contributed by atoms with Gasteiger partial charge in [0.25, 0.3) is 0 Å². The Morgan fingerprint density at radius 3 is 2.71 bits per heavy atom. The van der Waals surface area contributed by atoms with E-state index in [-0.39, 0.29) is 17.9 Å². The minimum absolute atomic E-state index is 0.0751. The molecule has 1 amide bonds. The number of pyridine rings is 1. The van der Waals surface area contributed by atoms with Crippen molar-refractivity contribution in [2.45, 2.75) is 39.5 Å². The number of aryl methyl sites for hydroxylation is 1. The zero-order valence-electron chi connectivity index (χ0n) is 14.2. The molecular formula is C19H23N3O2. The predicted octanol–water partition coefficient (Wildman–Crippen LogP) is 3.25. The monoisotopic (exact) mass is 325 g/mol. The number of para-hydroxylation sites is 1. The molecule has 0 aliphatic carbocycles. The molecule has 0 unspecified atom stereocenters. The van der Waals surface area contributed by atoms with Crippen molar-refractivity contribution in [3.05, 3.63) is 53.7 Å². The van der Waals surface area contributed by atoms with Crippen LogP contribution in [0.3, 0.4) is 0 Å². The summed E-state index contributed by atoms with van der Waals surface area (Å²) in [6, 6.07) is 13.4. The summed E-state index contributed by atoms with van der Waals surface area (Å²) in [5, 5.41) is 14.2. The van der Waals surface area contributed by atoms with Crippen LogP contribution in [0.2, 0.25) is 0 Å². The van der Waals surface area contributed by atoms with Crippen molar-refractivity contribution in [3.63, 3.8) is 0 Å². The van der Waals surface area contributed by atoms with E-state index in [1.165, 1.54) is 4.90 Å². The van der Waals surface area contributed by atoms with E-state index in [1.807, 2.05) is 63.2 Å². The summed E-state index contributed by atoms with van der Waals surface area (Å²) >= 11 is 0. The Labute approximate surface area is 142 Å². The molecule has 5 nitrogen and oxygen atoms in total. The molecule has 24 heavy (non-hydrogen) atoms. The first-order valence-corrected chi connectivity index (χ1v) is 8.32. The summed E-state index contributed by atoms with van der Waals surface area (Å²) < 4.78 is 0. The third kappa shape index (κ3) is 2.87. The Kier molecular flexibility index (Phi) is 4.53. The Balaban J connectivity index is 2.02. The Hall–Kier alpha value is -2.40. The van der Waals surface area contributed by atoms with Crippen molar-refractivity contribution < 1.29 is 9.90 Å². The number of carbonyl (C=O) groups excluding carboxylic acids is 1. The van der Waals surface area contributed by atoms with Gasteiger partial charge in [-0.05, 0) is 30.7 Å². The zero-order chi connectivity index (χ0) is 17.3. The molecule has 0 radical (unpaired) electrons. The number of aliphatic hydroxyl groups is 1. The molecule has 0 saturated heterocycles. The zero-order valence-corrected chi connectivity index (χ0v) is 14.2. The van der Waals surface area contributed by atoms with Crippen molar-refractivity contribution in [1.82, 2.24) is 4.98 Å². The number of nitrogens with zero attached hydrogens (tertiary/aromatic N) is 2. The van der Waals surface area contributed by atoms with Gasteiger partial charge in [-0.15, -0.1) is 0 Å². The first-order chi connectivity index (χ1) is 11.5. The highest BCUT2D eigenvalue weighted by Crippen LogP contribution is 2.41. The average Bonchev–Trinajstić information content (AvgIpc) is 2.59. The second-order valence-electron chi connectivity index (χ2n) is 6.24. The molecule has 0 saturated carbocycles. The molecule has 3 atom stereocenters. The van der Waals surface area contributed by atoms with Crippen molar-refractivity contribution in [2.75, 3.05) is 10.2 Å². The number of hydrogen-bond acceptors (Lipinski definition) is 4. The second kappa shape index (κ2) is 6.61. The van der Waals surface area contributed by atoms with Gasteiger partial charge in [0.1, 0.15) is 12.0 Å². The third-order valence-electron chi connectivity index (χ3n) is 4.55. The molecule has 1 aliphatic heterocycles. The van der Waals surface area contributed by atoms with Crippen LogP contribution in [0.1, 0.15) is 37.6 Å². The van der Waals surface area contributed by atoms with Gasteiger partial charge in [0.2, 0.25) is 5.91 Å². The summed E-state index contributed by atoms with van der Waals surface area (Å²) in [5.74, 6) is 0.524. The number of fused-ring (bicyclic) bond motifs is 1. The fraction of sp³-hybridized carbons (Fsp3) is 0.368. The Morgan fingerprint density at radius 2 is 2.00 bits per heavy atom. The van der Waals surface area contributed by atoms with Crippen LogP contribution < -0.4 is 10.2 Å². The minimum Gasteiger partial charge on any atom is -0.373 e. The van der Waals surface area contributed by atoms with Gasteiger partial charge in [0.05, 0.1) is 11.7 Å². The van der Waals surface area contributed by atoms with Crippen LogP contribution in [-0.4, -0.2) is 22.2 Å². The lowest BCUT2D eigenvalue weighted by Gasteiger charge is -2.43. The van der Waals surface area contributed by atoms with Gasteiger partial charge in [0.15, 0.2) is 0 Å². The first-order valence-electron chi connectivity index (χ1n) is 8.32. The summed E-state index contributed by atoms with van der Waals surface area (Å²) in [7, 11) is 0. The van der Waals surface area contributed by atoms with E-state index in [0.717, 1.165) is 22.8 Å². The van der Waals surface area contributed by atoms with E-state index in [0.29, 0.717) is 6.42 Å². The fourth-order valence-corrected chi connectivity index (χ4v) is 3.25. The SMILES string of the molecule is CCC(=O)N1c2ccccc2[C@H](Nc2cccc(C)n2)[C@@H](C)[C@@H]1O. The van der Waals surface area contributed by atoms with E-state index in [9.17, 15) is 9.90 Å². The summed E-state index contributed by atoms with van der Waals surface area (Å²) in [6.07, 6.45) is -0.509. The maximum Gasteiger partial charge on any atom is 0.228 e. The number of rotatable bonds is 3. The highest BCUT2D eigenvalue weighted by atomic mass is 16.3.